The smallest absolute Gasteiger partial charge is 0.149 e. The van der Waals surface area contributed by atoms with Gasteiger partial charge in [-0.1, -0.05) is 12.1 Å². The van der Waals surface area contributed by atoms with Crippen molar-refractivity contribution in [2.24, 2.45) is 0 Å². The topological polar surface area (TPSA) is 52.0 Å². The molecule has 96 valence electrons. The fourth-order valence-corrected chi connectivity index (χ4v) is 2.41. The van der Waals surface area contributed by atoms with E-state index in [4.69, 9.17) is 0 Å². The highest BCUT2D eigenvalue weighted by molar-refractivity contribution is 14.1. The molecule has 6 heteroatoms. The number of rotatable bonds is 4. The van der Waals surface area contributed by atoms with Crippen molar-refractivity contribution in [1.29, 1.82) is 0 Å². The lowest BCUT2D eigenvalue weighted by Crippen LogP contribution is -2.11. The summed E-state index contributed by atoms with van der Waals surface area (Å²) < 4.78 is 25.0. The molecule has 0 N–H and O–H groups in total. The van der Waals surface area contributed by atoms with Gasteiger partial charge in [-0.05, 0) is 40.3 Å². The number of halogens is 1. The number of benzene rings is 1. The van der Waals surface area contributed by atoms with Crippen LogP contribution in [0.15, 0.2) is 36.7 Å². The third kappa shape index (κ3) is 3.81. The van der Waals surface area contributed by atoms with E-state index in [0.29, 0.717) is 6.54 Å². The van der Waals surface area contributed by atoms with Crippen LogP contribution in [0.5, 0.6) is 0 Å². The highest BCUT2D eigenvalue weighted by atomic mass is 127. The minimum absolute atomic E-state index is 0.112. The average molecular weight is 376 g/mol. The number of aromatic nitrogens is 2. The van der Waals surface area contributed by atoms with Gasteiger partial charge in [-0.15, -0.1) is 0 Å². The van der Waals surface area contributed by atoms with Gasteiger partial charge in [0.1, 0.15) is 9.84 Å². The van der Waals surface area contributed by atoms with Crippen LogP contribution in [0.3, 0.4) is 0 Å². The molecule has 1 heterocycles. The maximum atomic E-state index is 11.1. The molecule has 0 radical (unpaired) electrons. The van der Waals surface area contributed by atoms with Crippen LogP contribution in [0.2, 0.25) is 0 Å². The largest absolute Gasteiger partial charge is 0.271 e. The Morgan fingerprint density at radius 1 is 1.22 bits per heavy atom. The predicted molar refractivity (Wildman–Crippen MR) is 80.1 cm³/mol. The van der Waals surface area contributed by atoms with Crippen LogP contribution in [-0.2, 0) is 16.4 Å². The normalized spacial score (nSPS) is 11.7. The fraction of sp³-hybridized carbons (Fsp3) is 0.250. The number of aryl methyl sites for hydroxylation is 1. The van der Waals surface area contributed by atoms with Crippen molar-refractivity contribution in [3.8, 4) is 11.1 Å². The van der Waals surface area contributed by atoms with E-state index in [1.165, 1.54) is 9.83 Å². The van der Waals surface area contributed by atoms with Crippen LogP contribution in [-0.4, -0.2) is 30.2 Å². The summed E-state index contributed by atoms with van der Waals surface area (Å²) in [5, 5.41) is 4.17. The second-order valence-corrected chi connectivity index (χ2v) is 7.63. The van der Waals surface area contributed by atoms with Gasteiger partial charge in [0.2, 0.25) is 0 Å². The van der Waals surface area contributed by atoms with E-state index in [1.807, 2.05) is 30.5 Å². The summed E-state index contributed by atoms with van der Waals surface area (Å²) in [5.74, 6) is 0.112. The van der Waals surface area contributed by atoms with Crippen LogP contribution < -0.4 is 0 Å². The number of sulfone groups is 1. The fourth-order valence-electron chi connectivity index (χ4n) is 1.54. The molecule has 0 aliphatic heterocycles. The van der Waals surface area contributed by atoms with Crippen LogP contribution in [0.4, 0.5) is 0 Å². The Kier molecular flexibility index (Phi) is 4.06. The van der Waals surface area contributed by atoms with Crippen molar-refractivity contribution in [3.63, 3.8) is 0 Å². The van der Waals surface area contributed by atoms with E-state index >= 15 is 0 Å². The molecule has 2 aromatic rings. The van der Waals surface area contributed by atoms with Crippen LogP contribution in [0.1, 0.15) is 0 Å². The lowest BCUT2D eigenvalue weighted by molar-refractivity contribution is 0.586. The maximum Gasteiger partial charge on any atom is 0.149 e. The van der Waals surface area contributed by atoms with E-state index < -0.39 is 9.84 Å². The standard InChI is InChI=1S/C12H13IN2O2S/c1-18(16,17)7-6-15-9-11(8-14-15)10-2-4-12(13)5-3-10/h2-5,8-9H,6-7H2,1H3. The van der Waals surface area contributed by atoms with Crippen molar-refractivity contribution in [1.82, 2.24) is 9.78 Å². The zero-order chi connectivity index (χ0) is 13.2. The third-order valence-electron chi connectivity index (χ3n) is 2.50. The third-order valence-corrected chi connectivity index (χ3v) is 4.15. The van der Waals surface area contributed by atoms with Crippen molar-refractivity contribution in [2.75, 3.05) is 12.0 Å². The number of hydrogen-bond donors (Lipinski definition) is 0. The predicted octanol–water partition coefficient (Wildman–Crippen LogP) is 2.20. The van der Waals surface area contributed by atoms with Crippen LogP contribution in [0.25, 0.3) is 11.1 Å². The van der Waals surface area contributed by atoms with Gasteiger partial charge in [0, 0.05) is 21.6 Å². The van der Waals surface area contributed by atoms with Gasteiger partial charge in [-0.3, -0.25) is 4.68 Å². The van der Waals surface area contributed by atoms with Crippen molar-refractivity contribution < 1.29 is 8.42 Å². The van der Waals surface area contributed by atoms with E-state index in [0.717, 1.165) is 11.1 Å². The molecule has 0 bridgehead atoms. The zero-order valence-corrected chi connectivity index (χ0v) is 12.8. The highest BCUT2D eigenvalue weighted by Crippen LogP contribution is 2.19. The lowest BCUT2D eigenvalue weighted by atomic mass is 10.1. The summed E-state index contributed by atoms with van der Waals surface area (Å²) in [7, 11) is -2.95. The monoisotopic (exact) mass is 376 g/mol. The lowest BCUT2D eigenvalue weighted by Gasteiger charge is -1.99. The van der Waals surface area contributed by atoms with Gasteiger partial charge in [0.05, 0.1) is 18.5 Å². The van der Waals surface area contributed by atoms with Crippen molar-refractivity contribution >= 4 is 32.4 Å². The Balaban J connectivity index is 2.13. The Bertz CT molecular complexity index is 632. The molecule has 18 heavy (non-hydrogen) atoms. The van der Waals surface area contributed by atoms with E-state index in [-0.39, 0.29) is 5.75 Å². The molecular formula is C12H13IN2O2S. The second kappa shape index (κ2) is 5.40. The summed E-state index contributed by atoms with van der Waals surface area (Å²) in [5.41, 5.74) is 2.08. The Labute approximate surface area is 120 Å². The van der Waals surface area contributed by atoms with E-state index in [2.05, 4.69) is 27.7 Å². The molecule has 0 amide bonds. The molecule has 4 nitrogen and oxygen atoms in total. The molecule has 0 spiro atoms. The SMILES string of the molecule is CS(=O)(=O)CCn1cc(-c2ccc(I)cc2)cn1. The summed E-state index contributed by atoms with van der Waals surface area (Å²) in [6, 6.07) is 8.12. The Morgan fingerprint density at radius 2 is 1.89 bits per heavy atom. The molecular weight excluding hydrogens is 363 g/mol. The van der Waals surface area contributed by atoms with Crippen LogP contribution in [0, 0.1) is 3.57 Å². The molecule has 1 aromatic heterocycles. The first-order valence-electron chi connectivity index (χ1n) is 5.40. The number of nitrogens with zero attached hydrogens (tertiary/aromatic N) is 2. The minimum atomic E-state index is -2.95. The molecule has 2 rings (SSSR count). The van der Waals surface area contributed by atoms with Crippen LogP contribution >= 0.6 is 22.6 Å². The molecule has 0 saturated carbocycles. The minimum Gasteiger partial charge on any atom is -0.271 e. The Morgan fingerprint density at radius 3 is 2.50 bits per heavy atom. The van der Waals surface area contributed by atoms with Gasteiger partial charge < -0.3 is 0 Å². The maximum absolute atomic E-state index is 11.1. The highest BCUT2D eigenvalue weighted by Gasteiger charge is 2.05. The first-order valence-corrected chi connectivity index (χ1v) is 8.54. The molecule has 0 saturated heterocycles. The van der Waals surface area contributed by atoms with E-state index in [9.17, 15) is 8.42 Å². The van der Waals surface area contributed by atoms with Crippen molar-refractivity contribution in [2.45, 2.75) is 6.54 Å². The first kappa shape index (κ1) is 13.5. The molecule has 0 atom stereocenters. The summed E-state index contributed by atoms with van der Waals surface area (Å²) in [6.45, 7) is 0.392. The van der Waals surface area contributed by atoms with Gasteiger partial charge in [0.25, 0.3) is 0 Å². The molecule has 0 fully saturated rings. The second-order valence-electron chi connectivity index (χ2n) is 4.13. The average Bonchev–Trinajstić information content (AvgIpc) is 2.75. The van der Waals surface area contributed by atoms with Gasteiger partial charge in [-0.2, -0.15) is 5.10 Å². The summed E-state index contributed by atoms with van der Waals surface area (Å²) >= 11 is 2.26. The molecule has 0 aliphatic carbocycles. The number of hydrogen-bond acceptors (Lipinski definition) is 3. The molecule has 1 aromatic carbocycles. The summed E-state index contributed by atoms with van der Waals surface area (Å²) in [6.07, 6.45) is 4.86. The van der Waals surface area contributed by atoms with Gasteiger partial charge in [0.15, 0.2) is 0 Å². The quantitative estimate of drug-likeness (QED) is 0.769. The Hall–Kier alpha value is -0.890. The molecule has 0 unspecified atom stereocenters. The van der Waals surface area contributed by atoms with Crippen molar-refractivity contribution in [3.05, 3.63) is 40.2 Å². The van der Waals surface area contributed by atoms with Gasteiger partial charge in [-0.25, -0.2) is 8.42 Å². The first-order chi connectivity index (χ1) is 8.44. The zero-order valence-electron chi connectivity index (χ0n) is 9.88. The summed E-state index contributed by atoms with van der Waals surface area (Å²) in [4.78, 5) is 0. The molecule has 0 aliphatic rings. The van der Waals surface area contributed by atoms with E-state index in [1.54, 1.807) is 10.9 Å². The van der Waals surface area contributed by atoms with Gasteiger partial charge >= 0.3 is 0 Å².